The van der Waals surface area contributed by atoms with Crippen LogP contribution in [0.5, 0.6) is 5.75 Å². The van der Waals surface area contributed by atoms with Crippen molar-refractivity contribution in [3.63, 3.8) is 0 Å². The Morgan fingerprint density at radius 3 is 2.50 bits per heavy atom. The average molecular weight is 494 g/mol. The zero-order chi connectivity index (χ0) is 25.5. The van der Waals surface area contributed by atoms with E-state index in [2.05, 4.69) is 10.6 Å². The molecular weight excluding hydrogens is 465 g/mol. The van der Waals surface area contributed by atoms with Crippen LogP contribution in [0.15, 0.2) is 71.3 Å². The van der Waals surface area contributed by atoms with Crippen LogP contribution >= 0.6 is 0 Å². The van der Waals surface area contributed by atoms with Gasteiger partial charge in [-0.25, -0.2) is 4.39 Å². The number of ether oxygens (including phenoxy) is 1. The lowest BCUT2D eigenvalue weighted by molar-refractivity contribution is -0.124. The van der Waals surface area contributed by atoms with Gasteiger partial charge in [0.15, 0.2) is 0 Å². The van der Waals surface area contributed by atoms with E-state index in [0.29, 0.717) is 43.0 Å². The van der Waals surface area contributed by atoms with Gasteiger partial charge >= 0.3 is 0 Å². The van der Waals surface area contributed by atoms with Gasteiger partial charge in [0.2, 0.25) is 5.91 Å². The molecule has 0 aliphatic carbocycles. The summed E-state index contributed by atoms with van der Waals surface area (Å²) in [5.41, 5.74) is 0.657. The minimum atomic E-state index is -0.815. The van der Waals surface area contributed by atoms with E-state index in [1.165, 1.54) is 31.6 Å². The lowest BCUT2D eigenvalue weighted by Crippen LogP contribution is -2.53. The first-order valence-corrected chi connectivity index (χ1v) is 11.7. The lowest BCUT2D eigenvalue weighted by Gasteiger charge is -2.36. The quantitative estimate of drug-likeness (QED) is 0.501. The number of rotatable bonds is 8. The Morgan fingerprint density at radius 1 is 1.06 bits per heavy atom. The molecule has 3 aromatic rings. The highest BCUT2D eigenvalue weighted by Gasteiger charge is 2.34. The van der Waals surface area contributed by atoms with Crippen LogP contribution in [0.1, 0.15) is 39.3 Å². The number of amides is 3. The predicted molar refractivity (Wildman–Crippen MR) is 130 cm³/mol. The summed E-state index contributed by atoms with van der Waals surface area (Å²) in [4.78, 5) is 40.7. The minimum absolute atomic E-state index is 0.189. The van der Waals surface area contributed by atoms with Crippen molar-refractivity contribution < 1.29 is 27.9 Å². The van der Waals surface area contributed by atoms with Crippen molar-refractivity contribution in [3.05, 3.63) is 89.6 Å². The fourth-order valence-corrected chi connectivity index (χ4v) is 4.32. The monoisotopic (exact) mass is 493 g/mol. The molecule has 36 heavy (non-hydrogen) atoms. The maximum Gasteiger partial charge on any atom is 0.253 e. The number of benzene rings is 2. The van der Waals surface area contributed by atoms with E-state index in [1.54, 1.807) is 47.4 Å². The molecule has 8 nitrogen and oxygen atoms in total. The molecule has 1 aliphatic heterocycles. The van der Waals surface area contributed by atoms with Gasteiger partial charge in [0.1, 0.15) is 23.4 Å². The van der Waals surface area contributed by atoms with E-state index in [9.17, 15) is 18.8 Å². The summed E-state index contributed by atoms with van der Waals surface area (Å²) in [6, 6.07) is 14.9. The fourth-order valence-electron chi connectivity index (χ4n) is 4.32. The average Bonchev–Trinajstić information content (AvgIpc) is 3.44. The van der Waals surface area contributed by atoms with E-state index in [-0.39, 0.29) is 29.8 Å². The summed E-state index contributed by atoms with van der Waals surface area (Å²) >= 11 is 0. The summed E-state index contributed by atoms with van der Waals surface area (Å²) in [5, 5.41) is 5.71. The second kappa shape index (κ2) is 11.5. The molecule has 2 aromatic carbocycles. The number of furan rings is 1. The van der Waals surface area contributed by atoms with Crippen molar-refractivity contribution in [3.8, 4) is 5.75 Å². The van der Waals surface area contributed by atoms with Gasteiger partial charge in [0, 0.05) is 24.2 Å². The molecule has 0 spiro atoms. The first-order chi connectivity index (χ1) is 17.4. The molecular formula is C27H28FN3O5. The van der Waals surface area contributed by atoms with Crippen molar-refractivity contribution in [2.24, 2.45) is 5.92 Å². The molecule has 1 aromatic heterocycles. The summed E-state index contributed by atoms with van der Waals surface area (Å²) in [5.74, 6) is -0.533. The maximum atomic E-state index is 13.6. The smallest absolute Gasteiger partial charge is 0.253 e. The second-order valence-corrected chi connectivity index (χ2v) is 8.62. The minimum Gasteiger partial charge on any atom is -0.497 e. The third kappa shape index (κ3) is 6.10. The predicted octanol–water partition coefficient (Wildman–Crippen LogP) is 3.39. The zero-order valence-electron chi connectivity index (χ0n) is 19.9. The summed E-state index contributed by atoms with van der Waals surface area (Å²) in [7, 11) is 1.51. The number of carbonyl (C=O) groups excluding carboxylic acids is 3. The second-order valence-electron chi connectivity index (χ2n) is 8.62. The zero-order valence-corrected chi connectivity index (χ0v) is 19.9. The van der Waals surface area contributed by atoms with Crippen LogP contribution in [0.3, 0.4) is 0 Å². The lowest BCUT2D eigenvalue weighted by atomic mass is 9.88. The third-order valence-electron chi connectivity index (χ3n) is 6.29. The number of nitrogens with zero attached hydrogens (tertiary/aromatic N) is 1. The molecule has 0 bridgehead atoms. The van der Waals surface area contributed by atoms with E-state index >= 15 is 0 Å². The molecule has 1 aliphatic rings. The van der Waals surface area contributed by atoms with Gasteiger partial charge in [-0.05, 0) is 67.3 Å². The molecule has 0 saturated carbocycles. The first-order valence-electron chi connectivity index (χ1n) is 11.7. The van der Waals surface area contributed by atoms with E-state index < -0.39 is 17.8 Å². The van der Waals surface area contributed by atoms with Crippen LogP contribution < -0.4 is 15.4 Å². The molecule has 1 fully saturated rings. The fraction of sp³-hybridized carbons (Fsp3) is 0.296. The number of hydrogen-bond acceptors (Lipinski definition) is 5. The van der Waals surface area contributed by atoms with Gasteiger partial charge in [0.05, 0.1) is 19.9 Å². The molecule has 9 heteroatoms. The Hall–Kier alpha value is -4.14. The van der Waals surface area contributed by atoms with Crippen LogP contribution in [-0.2, 0) is 11.3 Å². The number of hydrogen-bond donors (Lipinski definition) is 2. The van der Waals surface area contributed by atoms with E-state index in [4.69, 9.17) is 9.15 Å². The van der Waals surface area contributed by atoms with E-state index in [1.807, 2.05) is 0 Å². The Bertz CT molecular complexity index is 1210. The molecule has 3 amide bonds. The largest absolute Gasteiger partial charge is 0.497 e. The van der Waals surface area contributed by atoms with Gasteiger partial charge in [-0.1, -0.05) is 12.1 Å². The standard InChI is InChI=1S/C27H28FN3O5/c1-35-22-8-3-5-19(16-22)25(32)30-24(26(33)29-17-23-9-4-14-36-23)18-10-12-31(13-11-18)27(34)20-6-2-7-21(28)15-20/h2-9,14-16,18,24H,10-13,17H2,1H3,(H,29,33)(H,30,32)/t24-/m0/s1. The van der Waals surface area contributed by atoms with Gasteiger partial charge < -0.3 is 24.7 Å². The van der Waals surface area contributed by atoms with Gasteiger partial charge in [-0.15, -0.1) is 0 Å². The topological polar surface area (TPSA) is 101 Å². The molecule has 4 rings (SSSR count). The molecule has 2 heterocycles. The Morgan fingerprint density at radius 2 is 1.81 bits per heavy atom. The number of carbonyl (C=O) groups is 3. The van der Waals surface area contributed by atoms with E-state index in [0.717, 1.165) is 0 Å². The van der Waals surface area contributed by atoms with Crippen LogP contribution in [0, 0.1) is 11.7 Å². The van der Waals surface area contributed by atoms with Crippen LogP contribution in [0.25, 0.3) is 0 Å². The van der Waals surface area contributed by atoms with Crippen molar-refractivity contribution >= 4 is 17.7 Å². The van der Waals surface area contributed by atoms with Crippen LogP contribution in [0.2, 0.25) is 0 Å². The Labute approximate surface area is 208 Å². The maximum absolute atomic E-state index is 13.6. The normalized spacial score (nSPS) is 14.7. The summed E-state index contributed by atoms with van der Waals surface area (Å²) < 4.78 is 24.1. The van der Waals surface area contributed by atoms with Crippen molar-refractivity contribution in [2.45, 2.75) is 25.4 Å². The molecule has 0 unspecified atom stereocenters. The van der Waals surface area contributed by atoms with Gasteiger partial charge in [-0.2, -0.15) is 0 Å². The molecule has 188 valence electrons. The Kier molecular flexibility index (Phi) is 7.99. The number of methoxy groups -OCH3 is 1. The van der Waals surface area contributed by atoms with Crippen LogP contribution in [0.4, 0.5) is 4.39 Å². The van der Waals surface area contributed by atoms with Gasteiger partial charge in [-0.3, -0.25) is 14.4 Å². The van der Waals surface area contributed by atoms with Crippen molar-refractivity contribution in [1.29, 1.82) is 0 Å². The molecule has 2 N–H and O–H groups in total. The number of piperidine rings is 1. The first kappa shape index (κ1) is 25.0. The number of nitrogens with one attached hydrogen (secondary N) is 2. The molecule has 0 radical (unpaired) electrons. The van der Waals surface area contributed by atoms with Crippen LogP contribution in [-0.4, -0.2) is 48.9 Å². The van der Waals surface area contributed by atoms with Crippen molar-refractivity contribution in [2.75, 3.05) is 20.2 Å². The molecule has 1 saturated heterocycles. The number of likely N-dealkylation sites (tertiary alicyclic amines) is 1. The summed E-state index contributed by atoms with van der Waals surface area (Å²) in [6.07, 6.45) is 2.52. The van der Waals surface area contributed by atoms with Crippen molar-refractivity contribution in [1.82, 2.24) is 15.5 Å². The SMILES string of the molecule is COc1cccc(C(=O)N[C@H](C(=O)NCc2ccco2)C2CCN(C(=O)c3cccc(F)c3)CC2)c1. The highest BCUT2D eigenvalue weighted by Crippen LogP contribution is 2.24. The van der Waals surface area contributed by atoms with Gasteiger partial charge in [0.25, 0.3) is 11.8 Å². The molecule has 1 atom stereocenters. The highest BCUT2D eigenvalue weighted by molar-refractivity contribution is 5.98. The highest BCUT2D eigenvalue weighted by atomic mass is 19.1. The summed E-state index contributed by atoms with van der Waals surface area (Å²) in [6.45, 7) is 0.961. The number of halogens is 1. The Balaban J connectivity index is 1.45. The third-order valence-corrected chi connectivity index (χ3v) is 6.29.